The first-order chi connectivity index (χ1) is 14.4. The maximum atomic E-state index is 13.5. The average Bonchev–Trinajstić information content (AvgIpc) is 3.15. The Morgan fingerprint density at radius 2 is 1.83 bits per heavy atom. The molecule has 1 aromatic heterocycles. The smallest absolute Gasteiger partial charge is 0.250 e. The Morgan fingerprint density at radius 1 is 1.13 bits per heavy atom. The van der Waals surface area contributed by atoms with E-state index in [4.69, 9.17) is 0 Å². The number of thioether (sulfide) groups is 1. The normalized spacial score (nSPS) is 16.0. The van der Waals surface area contributed by atoms with Crippen LogP contribution in [0.1, 0.15) is 26.3 Å². The largest absolute Gasteiger partial charge is 0.322 e. The van der Waals surface area contributed by atoms with E-state index in [1.54, 1.807) is 24.9 Å². The van der Waals surface area contributed by atoms with Gasteiger partial charge in [0.15, 0.2) is 5.16 Å². The SMILES string of the molecule is C[C@H](Sc1nccn1Cc1ccccc1)C(=O)N1c2ccccc2NC(=O)C1(C)C. The minimum absolute atomic E-state index is 0.124. The summed E-state index contributed by atoms with van der Waals surface area (Å²) in [5.41, 5.74) is 1.55. The molecule has 0 bridgehead atoms. The van der Waals surface area contributed by atoms with E-state index >= 15 is 0 Å². The summed E-state index contributed by atoms with van der Waals surface area (Å²) in [6.45, 7) is 6.08. The highest BCUT2D eigenvalue weighted by Gasteiger charge is 2.44. The van der Waals surface area contributed by atoms with E-state index in [0.717, 1.165) is 5.16 Å². The number of aromatic nitrogens is 2. The van der Waals surface area contributed by atoms with Crippen LogP contribution in [0, 0.1) is 0 Å². The zero-order valence-electron chi connectivity index (χ0n) is 17.2. The van der Waals surface area contributed by atoms with Crippen LogP contribution in [0.25, 0.3) is 0 Å². The van der Waals surface area contributed by atoms with Crippen LogP contribution in [-0.4, -0.2) is 32.2 Å². The molecule has 7 heteroatoms. The van der Waals surface area contributed by atoms with Gasteiger partial charge < -0.3 is 9.88 Å². The molecule has 4 rings (SSSR count). The van der Waals surface area contributed by atoms with Crippen LogP contribution in [-0.2, 0) is 16.1 Å². The molecular weight excluding hydrogens is 396 g/mol. The molecule has 3 aromatic rings. The van der Waals surface area contributed by atoms with Crippen molar-refractivity contribution in [2.75, 3.05) is 10.2 Å². The lowest BCUT2D eigenvalue weighted by molar-refractivity contribution is -0.126. The number of carbonyl (C=O) groups excluding carboxylic acids is 2. The standard InChI is InChI=1S/C23H24N4O2S/c1-16(30-22-24-13-14-26(22)15-17-9-5-4-6-10-17)20(28)27-19-12-8-7-11-18(19)25-21(29)23(27,2)3/h4-14,16H,15H2,1-3H3,(H,25,29)/t16-/m0/s1. The Balaban J connectivity index is 1.58. The third-order valence-electron chi connectivity index (χ3n) is 5.23. The van der Waals surface area contributed by atoms with Gasteiger partial charge >= 0.3 is 0 Å². The Hall–Kier alpha value is -3.06. The number of imidazole rings is 1. The van der Waals surface area contributed by atoms with Gasteiger partial charge in [-0.1, -0.05) is 54.2 Å². The van der Waals surface area contributed by atoms with Gasteiger partial charge in [-0.3, -0.25) is 14.5 Å². The molecule has 0 radical (unpaired) electrons. The van der Waals surface area contributed by atoms with Crippen LogP contribution in [0.5, 0.6) is 0 Å². The van der Waals surface area contributed by atoms with E-state index in [-0.39, 0.29) is 11.8 Å². The first-order valence-electron chi connectivity index (χ1n) is 9.84. The maximum absolute atomic E-state index is 13.5. The van der Waals surface area contributed by atoms with Crippen molar-refractivity contribution < 1.29 is 9.59 Å². The zero-order chi connectivity index (χ0) is 21.3. The monoisotopic (exact) mass is 420 g/mol. The van der Waals surface area contributed by atoms with Crippen molar-refractivity contribution in [1.82, 2.24) is 9.55 Å². The molecule has 1 N–H and O–H groups in total. The lowest BCUT2D eigenvalue weighted by Gasteiger charge is -2.43. The number of nitrogens with one attached hydrogen (secondary N) is 1. The average molecular weight is 421 g/mol. The minimum Gasteiger partial charge on any atom is -0.322 e. The van der Waals surface area contributed by atoms with Gasteiger partial charge in [0.1, 0.15) is 5.54 Å². The van der Waals surface area contributed by atoms with Crippen molar-refractivity contribution >= 4 is 35.0 Å². The van der Waals surface area contributed by atoms with E-state index in [1.807, 2.05) is 60.2 Å². The summed E-state index contributed by atoms with van der Waals surface area (Å²) in [6, 6.07) is 17.5. The minimum atomic E-state index is -0.986. The van der Waals surface area contributed by atoms with Crippen LogP contribution >= 0.6 is 11.8 Å². The van der Waals surface area contributed by atoms with Crippen molar-refractivity contribution in [2.45, 2.75) is 43.3 Å². The highest BCUT2D eigenvalue weighted by Crippen LogP contribution is 2.38. The molecule has 2 heterocycles. The van der Waals surface area contributed by atoms with Gasteiger partial charge in [-0.05, 0) is 38.5 Å². The molecule has 0 saturated heterocycles. The van der Waals surface area contributed by atoms with Gasteiger partial charge in [-0.25, -0.2) is 4.98 Å². The fourth-order valence-corrected chi connectivity index (χ4v) is 4.46. The highest BCUT2D eigenvalue weighted by molar-refractivity contribution is 8.00. The van der Waals surface area contributed by atoms with Gasteiger partial charge in [0.25, 0.3) is 0 Å². The molecule has 2 aromatic carbocycles. The number of fused-ring (bicyclic) bond motifs is 1. The Morgan fingerprint density at radius 3 is 2.60 bits per heavy atom. The number of carbonyl (C=O) groups is 2. The second-order valence-corrected chi connectivity index (χ2v) is 9.10. The quantitative estimate of drug-likeness (QED) is 0.629. The van der Waals surface area contributed by atoms with Crippen molar-refractivity contribution in [2.24, 2.45) is 0 Å². The number of benzene rings is 2. The topological polar surface area (TPSA) is 67.2 Å². The lowest BCUT2D eigenvalue weighted by atomic mass is 9.96. The van der Waals surface area contributed by atoms with E-state index in [2.05, 4.69) is 22.4 Å². The predicted octanol–water partition coefficient (Wildman–Crippen LogP) is 4.18. The number of hydrogen-bond acceptors (Lipinski definition) is 4. The fourth-order valence-electron chi connectivity index (χ4n) is 3.55. The lowest BCUT2D eigenvalue weighted by Crippen LogP contribution is -2.60. The number of amides is 2. The molecule has 0 fully saturated rings. The first-order valence-corrected chi connectivity index (χ1v) is 10.7. The Kier molecular flexibility index (Phi) is 5.39. The van der Waals surface area contributed by atoms with Crippen LogP contribution in [0.3, 0.4) is 0 Å². The molecule has 2 amide bonds. The summed E-state index contributed by atoms with van der Waals surface area (Å²) < 4.78 is 2.03. The Labute approximate surface area is 180 Å². The molecule has 0 aliphatic carbocycles. The summed E-state index contributed by atoms with van der Waals surface area (Å²) in [7, 11) is 0. The summed E-state index contributed by atoms with van der Waals surface area (Å²) in [4.78, 5) is 32.2. The molecule has 1 atom stereocenters. The first kappa shape index (κ1) is 20.2. The second-order valence-electron chi connectivity index (χ2n) is 7.79. The summed E-state index contributed by atoms with van der Waals surface area (Å²) in [5.74, 6) is -0.320. The van der Waals surface area contributed by atoms with Gasteiger partial charge in [0, 0.05) is 18.9 Å². The van der Waals surface area contributed by atoms with Crippen LogP contribution in [0.4, 0.5) is 11.4 Å². The fraction of sp³-hybridized carbons (Fsp3) is 0.261. The Bertz CT molecular complexity index is 1080. The molecule has 6 nitrogen and oxygen atoms in total. The maximum Gasteiger partial charge on any atom is 0.250 e. The van der Waals surface area contributed by atoms with Crippen molar-refractivity contribution in [1.29, 1.82) is 0 Å². The van der Waals surface area contributed by atoms with Crippen LogP contribution < -0.4 is 10.2 Å². The van der Waals surface area contributed by atoms with Crippen molar-refractivity contribution in [3.63, 3.8) is 0 Å². The number of para-hydroxylation sites is 2. The van der Waals surface area contributed by atoms with Crippen LogP contribution in [0.15, 0.2) is 72.1 Å². The number of rotatable bonds is 5. The molecule has 0 spiro atoms. The van der Waals surface area contributed by atoms with Gasteiger partial charge in [0.2, 0.25) is 11.8 Å². The van der Waals surface area contributed by atoms with Crippen molar-refractivity contribution in [3.05, 3.63) is 72.6 Å². The molecular formula is C23H24N4O2S. The molecule has 1 aliphatic rings. The van der Waals surface area contributed by atoms with Crippen molar-refractivity contribution in [3.8, 4) is 0 Å². The molecule has 0 saturated carbocycles. The third-order valence-corrected chi connectivity index (χ3v) is 6.34. The van der Waals surface area contributed by atoms with Gasteiger partial charge in [-0.15, -0.1) is 0 Å². The molecule has 30 heavy (non-hydrogen) atoms. The van der Waals surface area contributed by atoms with E-state index in [0.29, 0.717) is 17.9 Å². The second kappa shape index (κ2) is 7.99. The molecule has 1 aliphatic heterocycles. The summed E-state index contributed by atoms with van der Waals surface area (Å²) in [6.07, 6.45) is 3.66. The zero-order valence-corrected chi connectivity index (χ0v) is 18.0. The van der Waals surface area contributed by atoms with Crippen LogP contribution in [0.2, 0.25) is 0 Å². The number of nitrogens with zero attached hydrogens (tertiary/aromatic N) is 3. The highest BCUT2D eigenvalue weighted by atomic mass is 32.2. The van der Waals surface area contributed by atoms with Gasteiger partial charge in [-0.2, -0.15) is 0 Å². The van der Waals surface area contributed by atoms with Gasteiger partial charge in [0.05, 0.1) is 16.6 Å². The summed E-state index contributed by atoms with van der Waals surface area (Å²) in [5, 5.41) is 3.25. The number of hydrogen-bond donors (Lipinski definition) is 1. The third kappa shape index (κ3) is 3.73. The molecule has 0 unspecified atom stereocenters. The number of anilines is 2. The molecule has 154 valence electrons. The summed E-state index contributed by atoms with van der Waals surface area (Å²) >= 11 is 1.40. The van der Waals surface area contributed by atoms with E-state index < -0.39 is 10.8 Å². The van der Waals surface area contributed by atoms with E-state index in [9.17, 15) is 9.59 Å². The van der Waals surface area contributed by atoms with E-state index in [1.165, 1.54) is 17.3 Å². The predicted molar refractivity (Wildman–Crippen MR) is 120 cm³/mol.